The van der Waals surface area contributed by atoms with Crippen molar-refractivity contribution in [3.05, 3.63) is 0 Å². The second-order valence-electron chi connectivity index (χ2n) is 3.66. The molecule has 0 saturated heterocycles. The van der Waals surface area contributed by atoms with Crippen LogP contribution in [-0.4, -0.2) is 24.3 Å². The van der Waals surface area contributed by atoms with Crippen molar-refractivity contribution in [3.8, 4) is 0 Å². The second kappa shape index (κ2) is 3.72. The van der Waals surface area contributed by atoms with Crippen LogP contribution in [0.15, 0.2) is 0 Å². The molecule has 0 unspecified atom stereocenters. The number of hydrogen-bond donors (Lipinski definition) is 1. The summed E-state index contributed by atoms with van der Waals surface area (Å²) in [6.45, 7) is 5.63. The number of esters is 1. The highest BCUT2D eigenvalue weighted by atomic mass is 16.5. The number of rotatable bonds is 2. The minimum Gasteiger partial charge on any atom is -0.469 e. The predicted octanol–water partition coefficient (Wildman–Crippen LogP) is 0.956. The van der Waals surface area contributed by atoms with Crippen molar-refractivity contribution >= 4 is 5.97 Å². The van der Waals surface area contributed by atoms with E-state index in [1.807, 2.05) is 20.8 Å². The molecule has 0 saturated carbocycles. The molecule has 0 aliphatic rings. The Morgan fingerprint density at radius 3 is 2.27 bits per heavy atom. The summed E-state index contributed by atoms with van der Waals surface area (Å²) in [5, 5.41) is 9.39. The van der Waals surface area contributed by atoms with Crippen LogP contribution in [0.2, 0.25) is 0 Å². The Labute approximate surface area is 67.4 Å². The van der Waals surface area contributed by atoms with Crippen LogP contribution in [0, 0.1) is 5.41 Å². The van der Waals surface area contributed by atoms with Crippen LogP contribution in [0.25, 0.3) is 0 Å². The smallest absolute Gasteiger partial charge is 0.308 e. The Bertz CT molecular complexity index is 135. The minimum atomic E-state index is -0.630. The molecule has 0 fully saturated rings. The Morgan fingerprint density at radius 2 is 2.00 bits per heavy atom. The van der Waals surface area contributed by atoms with Crippen LogP contribution in [-0.2, 0) is 9.53 Å². The third-order valence-electron chi connectivity index (χ3n) is 1.59. The molecular formula is C8H16O3. The standard InChI is InChI=1S/C8H16O3/c1-8(2,3)6(9)5-7(10)11-4/h6,9H,5H2,1-4H3/t6-/m0/s1. The fourth-order valence-corrected chi connectivity index (χ4v) is 0.547. The number of carbonyl (C=O) groups excluding carboxylic acids is 1. The molecule has 0 bridgehead atoms. The first-order chi connectivity index (χ1) is 4.88. The average Bonchev–Trinajstić information content (AvgIpc) is 1.85. The molecule has 11 heavy (non-hydrogen) atoms. The van der Waals surface area contributed by atoms with Crippen molar-refractivity contribution in [2.45, 2.75) is 33.3 Å². The Hall–Kier alpha value is -0.570. The molecule has 1 atom stereocenters. The van der Waals surface area contributed by atoms with Crippen molar-refractivity contribution in [1.82, 2.24) is 0 Å². The Kier molecular flexibility index (Phi) is 3.52. The van der Waals surface area contributed by atoms with Gasteiger partial charge in [0.2, 0.25) is 0 Å². The van der Waals surface area contributed by atoms with Gasteiger partial charge in [-0.15, -0.1) is 0 Å². The summed E-state index contributed by atoms with van der Waals surface area (Å²) < 4.78 is 4.42. The van der Waals surface area contributed by atoms with E-state index in [1.165, 1.54) is 7.11 Å². The molecule has 0 aromatic rings. The largest absolute Gasteiger partial charge is 0.469 e. The van der Waals surface area contributed by atoms with Crippen LogP contribution >= 0.6 is 0 Å². The van der Waals surface area contributed by atoms with Gasteiger partial charge in [0, 0.05) is 0 Å². The minimum absolute atomic E-state index is 0.0694. The predicted molar refractivity (Wildman–Crippen MR) is 42.1 cm³/mol. The molecule has 3 nitrogen and oxygen atoms in total. The second-order valence-corrected chi connectivity index (χ2v) is 3.66. The van der Waals surface area contributed by atoms with Crippen molar-refractivity contribution in [2.24, 2.45) is 5.41 Å². The van der Waals surface area contributed by atoms with Gasteiger partial charge in [-0.05, 0) is 5.41 Å². The number of methoxy groups -OCH3 is 1. The molecule has 0 radical (unpaired) electrons. The zero-order chi connectivity index (χ0) is 9.07. The summed E-state index contributed by atoms with van der Waals surface area (Å²) in [4.78, 5) is 10.7. The van der Waals surface area contributed by atoms with Crippen LogP contribution in [0.3, 0.4) is 0 Å². The van der Waals surface area contributed by atoms with E-state index in [1.54, 1.807) is 0 Å². The molecule has 0 aliphatic carbocycles. The van der Waals surface area contributed by atoms with Crippen molar-refractivity contribution in [3.63, 3.8) is 0 Å². The normalized spacial score (nSPS) is 14.3. The fourth-order valence-electron chi connectivity index (χ4n) is 0.547. The van der Waals surface area contributed by atoms with E-state index in [-0.39, 0.29) is 17.8 Å². The average molecular weight is 160 g/mol. The number of hydrogen-bond acceptors (Lipinski definition) is 3. The van der Waals surface area contributed by atoms with Gasteiger partial charge in [-0.2, -0.15) is 0 Å². The summed E-state index contributed by atoms with van der Waals surface area (Å²) in [6.07, 6.45) is -0.560. The van der Waals surface area contributed by atoms with Gasteiger partial charge in [0.15, 0.2) is 0 Å². The lowest BCUT2D eigenvalue weighted by Gasteiger charge is -2.24. The first-order valence-electron chi connectivity index (χ1n) is 3.63. The van der Waals surface area contributed by atoms with E-state index >= 15 is 0 Å². The molecule has 0 aromatic heterocycles. The third-order valence-corrected chi connectivity index (χ3v) is 1.59. The van der Waals surface area contributed by atoms with Crippen molar-refractivity contribution in [1.29, 1.82) is 0 Å². The highest BCUT2D eigenvalue weighted by molar-refractivity contribution is 5.69. The molecular weight excluding hydrogens is 144 g/mol. The first kappa shape index (κ1) is 10.4. The number of aliphatic hydroxyl groups is 1. The molecule has 66 valence electrons. The number of carbonyl (C=O) groups is 1. The molecule has 0 heterocycles. The molecule has 1 N–H and O–H groups in total. The van der Waals surface area contributed by atoms with Gasteiger partial charge in [-0.3, -0.25) is 4.79 Å². The summed E-state index contributed by atoms with van der Waals surface area (Å²) in [6, 6.07) is 0. The molecule has 0 amide bonds. The van der Waals surface area contributed by atoms with Crippen LogP contribution < -0.4 is 0 Å². The molecule has 0 aliphatic heterocycles. The maximum absolute atomic E-state index is 10.7. The monoisotopic (exact) mass is 160 g/mol. The van der Waals surface area contributed by atoms with E-state index in [4.69, 9.17) is 0 Å². The molecule has 0 spiro atoms. The van der Waals surface area contributed by atoms with E-state index < -0.39 is 6.10 Å². The first-order valence-corrected chi connectivity index (χ1v) is 3.63. The lowest BCUT2D eigenvalue weighted by molar-refractivity contribution is -0.144. The van der Waals surface area contributed by atoms with E-state index in [2.05, 4.69) is 4.74 Å². The van der Waals surface area contributed by atoms with Crippen LogP contribution in [0.4, 0.5) is 0 Å². The van der Waals surface area contributed by atoms with E-state index in [0.717, 1.165) is 0 Å². The van der Waals surface area contributed by atoms with Gasteiger partial charge in [0.1, 0.15) is 0 Å². The van der Waals surface area contributed by atoms with Gasteiger partial charge < -0.3 is 9.84 Å². The molecule has 0 aromatic carbocycles. The summed E-state index contributed by atoms with van der Waals surface area (Å²) in [7, 11) is 1.32. The van der Waals surface area contributed by atoms with Gasteiger partial charge in [-0.25, -0.2) is 0 Å². The lowest BCUT2D eigenvalue weighted by Crippen LogP contribution is -2.28. The van der Waals surface area contributed by atoms with Gasteiger partial charge in [0.05, 0.1) is 19.6 Å². The summed E-state index contributed by atoms with van der Waals surface area (Å²) in [5.41, 5.74) is -0.256. The number of aliphatic hydroxyl groups excluding tert-OH is 1. The van der Waals surface area contributed by atoms with Crippen molar-refractivity contribution in [2.75, 3.05) is 7.11 Å². The maximum Gasteiger partial charge on any atom is 0.308 e. The van der Waals surface area contributed by atoms with E-state index in [9.17, 15) is 9.90 Å². The Morgan fingerprint density at radius 1 is 1.55 bits per heavy atom. The third kappa shape index (κ3) is 3.98. The van der Waals surface area contributed by atoms with Crippen LogP contribution in [0.5, 0.6) is 0 Å². The number of ether oxygens (including phenoxy) is 1. The maximum atomic E-state index is 10.7. The highest BCUT2D eigenvalue weighted by Gasteiger charge is 2.24. The quantitative estimate of drug-likeness (QED) is 0.612. The Balaban J connectivity index is 3.87. The SMILES string of the molecule is COC(=O)C[C@H](O)C(C)(C)C. The fraction of sp³-hybridized carbons (Fsp3) is 0.875. The lowest BCUT2D eigenvalue weighted by atomic mass is 9.87. The summed E-state index contributed by atoms with van der Waals surface area (Å²) >= 11 is 0. The van der Waals surface area contributed by atoms with E-state index in [0.29, 0.717) is 0 Å². The zero-order valence-corrected chi connectivity index (χ0v) is 7.55. The zero-order valence-electron chi connectivity index (χ0n) is 7.55. The van der Waals surface area contributed by atoms with Gasteiger partial charge >= 0.3 is 5.97 Å². The highest BCUT2D eigenvalue weighted by Crippen LogP contribution is 2.21. The molecule has 3 heteroatoms. The molecule has 0 rings (SSSR count). The van der Waals surface area contributed by atoms with Crippen LogP contribution in [0.1, 0.15) is 27.2 Å². The van der Waals surface area contributed by atoms with Gasteiger partial charge in [-0.1, -0.05) is 20.8 Å². The topological polar surface area (TPSA) is 46.5 Å². The van der Waals surface area contributed by atoms with Gasteiger partial charge in [0.25, 0.3) is 0 Å². The van der Waals surface area contributed by atoms with Crippen molar-refractivity contribution < 1.29 is 14.6 Å². The summed E-state index contributed by atoms with van der Waals surface area (Å²) in [5.74, 6) is -0.368.